The third-order valence-corrected chi connectivity index (χ3v) is 5.40. The minimum absolute atomic E-state index is 0.108. The highest BCUT2D eigenvalue weighted by atomic mass is 32.2. The molecule has 98 valence electrons. The van der Waals surface area contributed by atoms with Crippen LogP contribution in [0.5, 0.6) is 0 Å². The monoisotopic (exact) mass is 269 g/mol. The van der Waals surface area contributed by atoms with Crippen molar-refractivity contribution >= 4 is 11.8 Å². The van der Waals surface area contributed by atoms with Crippen molar-refractivity contribution in [2.45, 2.75) is 36.5 Å². The van der Waals surface area contributed by atoms with Crippen molar-refractivity contribution in [3.8, 4) is 0 Å². The molecule has 1 aliphatic rings. The Morgan fingerprint density at radius 3 is 2.63 bits per heavy atom. The number of hydrogen-bond acceptors (Lipinski definition) is 2. The van der Waals surface area contributed by atoms with E-state index < -0.39 is 0 Å². The van der Waals surface area contributed by atoms with Gasteiger partial charge in [-0.05, 0) is 48.6 Å². The minimum atomic E-state index is 0.108. The first kappa shape index (κ1) is 12.8. The fourth-order valence-electron chi connectivity index (χ4n) is 2.60. The highest BCUT2D eigenvalue weighted by molar-refractivity contribution is 8.00. The number of thioether (sulfide) groups is 1. The smallest absolute Gasteiger partial charge is 0.0422 e. The van der Waals surface area contributed by atoms with E-state index in [9.17, 15) is 0 Å². The van der Waals surface area contributed by atoms with E-state index in [0.717, 1.165) is 6.42 Å². The normalized spacial score (nSPS) is 19.2. The van der Waals surface area contributed by atoms with Crippen molar-refractivity contribution in [2.24, 2.45) is 5.73 Å². The fourth-order valence-corrected chi connectivity index (χ4v) is 3.95. The predicted molar refractivity (Wildman–Crippen MR) is 82.6 cm³/mol. The molecule has 19 heavy (non-hydrogen) atoms. The lowest BCUT2D eigenvalue weighted by Gasteiger charge is -2.19. The van der Waals surface area contributed by atoms with Crippen molar-refractivity contribution in [1.29, 1.82) is 0 Å². The first-order valence-corrected chi connectivity index (χ1v) is 7.60. The molecule has 0 saturated carbocycles. The zero-order valence-electron chi connectivity index (χ0n) is 11.4. The van der Waals surface area contributed by atoms with Gasteiger partial charge in [0.1, 0.15) is 0 Å². The SMILES string of the molecule is Cc1ccc(C(N)C2Cc3ccccc3S2)cc1C. The van der Waals surface area contributed by atoms with Gasteiger partial charge in [-0.3, -0.25) is 0 Å². The first-order chi connectivity index (χ1) is 9.15. The number of aryl methyl sites for hydroxylation is 2. The van der Waals surface area contributed by atoms with Crippen LogP contribution in [0.1, 0.15) is 28.3 Å². The second kappa shape index (κ2) is 5.03. The fraction of sp³-hybridized carbons (Fsp3) is 0.294. The zero-order chi connectivity index (χ0) is 13.4. The summed E-state index contributed by atoms with van der Waals surface area (Å²) in [5.74, 6) is 0. The maximum absolute atomic E-state index is 6.48. The third-order valence-electron chi connectivity index (χ3n) is 3.99. The number of rotatable bonds is 2. The van der Waals surface area contributed by atoms with Crippen LogP contribution in [0.15, 0.2) is 47.4 Å². The van der Waals surface area contributed by atoms with Gasteiger partial charge in [0, 0.05) is 16.2 Å². The van der Waals surface area contributed by atoms with Gasteiger partial charge in [0.25, 0.3) is 0 Å². The number of benzene rings is 2. The molecule has 0 fully saturated rings. The van der Waals surface area contributed by atoms with Gasteiger partial charge in [0.2, 0.25) is 0 Å². The summed E-state index contributed by atoms with van der Waals surface area (Å²) in [6.07, 6.45) is 1.08. The van der Waals surface area contributed by atoms with Gasteiger partial charge in [0.05, 0.1) is 0 Å². The van der Waals surface area contributed by atoms with Gasteiger partial charge in [-0.15, -0.1) is 11.8 Å². The lowest BCUT2D eigenvalue weighted by atomic mass is 9.96. The van der Waals surface area contributed by atoms with Crippen LogP contribution in [0.25, 0.3) is 0 Å². The summed E-state index contributed by atoms with van der Waals surface area (Å²) < 4.78 is 0. The molecular weight excluding hydrogens is 250 g/mol. The summed E-state index contributed by atoms with van der Waals surface area (Å²) in [4.78, 5) is 1.40. The Bertz CT molecular complexity index is 581. The van der Waals surface area contributed by atoms with Crippen LogP contribution in [-0.2, 0) is 6.42 Å². The second-order valence-electron chi connectivity index (χ2n) is 5.34. The molecule has 0 radical (unpaired) electrons. The molecule has 2 heteroatoms. The molecule has 0 aromatic heterocycles. The van der Waals surface area contributed by atoms with Gasteiger partial charge in [0.15, 0.2) is 0 Å². The number of hydrogen-bond donors (Lipinski definition) is 1. The van der Waals surface area contributed by atoms with E-state index in [0.29, 0.717) is 5.25 Å². The Hall–Kier alpha value is -1.25. The van der Waals surface area contributed by atoms with Crippen LogP contribution in [0.3, 0.4) is 0 Å². The van der Waals surface area contributed by atoms with Crippen LogP contribution in [0.2, 0.25) is 0 Å². The molecule has 0 saturated heterocycles. The summed E-state index contributed by atoms with van der Waals surface area (Å²) in [5, 5.41) is 0.458. The first-order valence-electron chi connectivity index (χ1n) is 6.72. The van der Waals surface area contributed by atoms with Crippen molar-refractivity contribution in [1.82, 2.24) is 0 Å². The van der Waals surface area contributed by atoms with E-state index in [1.807, 2.05) is 11.8 Å². The maximum Gasteiger partial charge on any atom is 0.0422 e. The van der Waals surface area contributed by atoms with E-state index in [1.54, 1.807) is 0 Å². The Morgan fingerprint density at radius 1 is 1.11 bits per heavy atom. The average Bonchev–Trinajstić information content (AvgIpc) is 2.85. The predicted octanol–water partition coefficient (Wildman–Crippen LogP) is 4.02. The molecule has 1 aliphatic heterocycles. The molecule has 1 heterocycles. The molecular formula is C17H19NS. The molecule has 0 amide bonds. The Labute approximate surface area is 119 Å². The molecule has 1 nitrogen and oxygen atoms in total. The van der Waals surface area contributed by atoms with Gasteiger partial charge in [-0.1, -0.05) is 36.4 Å². The Kier molecular flexibility index (Phi) is 3.38. The molecule has 3 rings (SSSR count). The summed E-state index contributed by atoms with van der Waals surface area (Å²) >= 11 is 1.92. The number of nitrogens with two attached hydrogens (primary N) is 1. The number of fused-ring (bicyclic) bond motifs is 1. The van der Waals surface area contributed by atoms with Crippen molar-refractivity contribution in [2.75, 3.05) is 0 Å². The summed E-state index contributed by atoms with van der Waals surface area (Å²) in [7, 11) is 0. The standard InChI is InChI=1S/C17H19NS/c1-11-7-8-14(9-12(11)2)17(18)16-10-13-5-3-4-6-15(13)19-16/h3-9,16-17H,10,18H2,1-2H3. The van der Waals surface area contributed by atoms with Crippen LogP contribution in [-0.4, -0.2) is 5.25 Å². The van der Waals surface area contributed by atoms with Crippen LogP contribution in [0, 0.1) is 13.8 Å². The Morgan fingerprint density at radius 2 is 1.89 bits per heavy atom. The topological polar surface area (TPSA) is 26.0 Å². The molecule has 2 N–H and O–H groups in total. The molecule has 2 aromatic rings. The molecule has 0 aliphatic carbocycles. The van der Waals surface area contributed by atoms with E-state index in [1.165, 1.54) is 27.1 Å². The van der Waals surface area contributed by atoms with Gasteiger partial charge < -0.3 is 5.73 Å². The van der Waals surface area contributed by atoms with Gasteiger partial charge in [-0.2, -0.15) is 0 Å². The maximum atomic E-state index is 6.48. The molecule has 0 bridgehead atoms. The Balaban J connectivity index is 1.82. The lowest BCUT2D eigenvalue weighted by molar-refractivity contribution is 0.677. The van der Waals surface area contributed by atoms with Crippen molar-refractivity contribution < 1.29 is 0 Å². The van der Waals surface area contributed by atoms with Crippen LogP contribution in [0.4, 0.5) is 0 Å². The third kappa shape index (κ3) is 2.43. The second-order valence-corrected chi connectivity index (χ2v) is 6.62. The summed E-state index contributed by atoms with van der Waals surface area (Å²) in [6, 6.07) is 15.3. The van der Waals surface area contributed by atoms with E-state index in [-0.39, 0.29) is 6.04 Å². The minimum Gasteiger partial charge on any atom is -0.323 e. The van der Waals surface area contributed by atoms with E-state index >= 15 is 0 Å². The van der Waals surface area contributed by atoms with E-state index in [4.69, 9.17) is 5.73 Å². The highest BCUT2D eigenvalue weighted by Gasteiger charge is 2.28. The van der Waals surface area contributed by atoms with E-state index in [2.05, 4.69) is 56.3 Å². The lowest BCUT2D eigenvalue weighted by Crippen LogP contribution is -2.23. The molecule has 2 atom stereocenters. The van der Waals surface area contributed by atoms with Gasteiger partial charge in [-0.25, -0.2) is 0 Å². The molecule has 2 unspecified atom stereocenters. The molecule has 2 aromatic carbocycles. The van der Waals surface area contributed by atoms with Crippen LogP contribution < -0.4 is 5.73 Å². The van der Waals surface area contributed by atoms with Crippen LogP contribution >= 0.6 is 11.8 Å². The largest absolute Gasteiger partial charge is 0.323 e. The quantitative estimate of drug-likeness (QED) is 0.891. The summed E-state index contributed by atoms with van der Waals surface area (Å²) in [6.45, 7) is 4.30. The van der Waals surface area contributed by atoms with Crippen molar-refractivity contribution in [3.63, 3.8) is 0 Å². The highest BCUT2D eigenvalue weighted by Crippen LogP contribution is 2.41. The van der Waals surface area contributed by atoms with Gasteiger partial charge >= 0.3 is 0 Å². The van der Waals surface area contributed by atoms with Crippen molar-refractivity contribution in [3.05, 3.63) is 64.7 Å². The summed E-state index contributed by atoms with van der Waals surface area (Å²) in [5.41, 5.74) is 11.8. The zero-order valence-corrected chi connectivity index (χ0v) is 12.2. The molecule has 0 spiro atoms. The average molecular weight is 269 g/mol.